The summed E-state index contributed by atoms with van der Waals surface area (Å²) >= 11 is 0. The number of esters is 1. The lowest BCUT2D eigenvalue weighted by molar-refractivity contribution is -0.146. The van der Waals surface area contributed by atoms with Crippen molar-refractivity contribution in [2.24, 2.45) is 0 Å². The number of carbonyl (C=O) groups is 1. The van der Waals surface area contributed by atoms with Crippen molar-refractivity contribution < 1.29 is 14.6 Å². The van der Waals surface area contributed by atoms with Gasteiger partial charge in [-0.15, -0.1) is 0 Å². The minimum Gasteiger partial charge on any atom is -0.464 e. The number of hydrogen-bond acceptors (Lipinski definition) is 3. The summed E-state index contributed by atoms with van der Waals surface area (Å²) in [5, 5.41) is 8.16. The fourth-order valence-corrected chi connectivity index (χ4v) is 0.910. The zero-order chi connectivity index (χ0) is 12.2. The molecule has 0 aliphatic carbocycles. The second kappa shape index (κ2) is 10.2. The topological polar surface area (TPSA) is 46.5 Å². The summed E-state index contributed by atoms with van der Waals surface area (Å²) in [5.74, 6) is -0.538. The Morgan fingerprint density at radius 2 is 1.94 bits per heavy atom. The number of rotatable bonds is 4. The SMILES string of the molecule is CCCCOC(=O)CO.Cc1ccccc1. The maximum Gasteiger partial charge on any atom is 0.331 e. The highest BCUT2D eigenvalue weighted by Crippen LogP contribution is 1.92. The van der Waals surface area contributed by atoms with Crippen molar-refractivity contribution >= 4 is 5.97 Å². The molecule has 1 N–H and O–H groups in total. The van der Waals surface area contributed by atoms with Gasteiger partial charge < -0.3 is 9.84 Å². The Morgan fingerprint density at radius 3 is 2.31 bits per heavy atom. The highest BCUT2D eigenvalue weighted by atomic mass is 16.5. The van der Waals surface area contributed by atoms with Gasteiger partial charge in [-0.1, -0.05) is 49.2 Å². The predicted octanol–water partition coefficient (Wildman–Crippen LogP) is 2.32. The zero-order valence-corrected chi connectivity index (χ0v) is 9.98. The van der Waals surface area contributed by atoms with Crippen LogP contribution >= 0.6 is 0 Å². The van der Waals surface area contributed by atoms with Crippen molar-refractivity contribution in [1.82, 2.24) is 0 Å². The van der Waals surface area contributed by atoms with Crippen LogP contribution in [0, 0.1) is 6.92 Å². The van der Waals surface area contributed by atoms with Crippen molar-refractivity contribution in [3.05, 3.63) is 35.9 Å². The van der Waals surface area contributed by atoms with E-state index in [1.165, 1.54) is 5.56 Å². The molecule has 90 valence electrons. The van der Waals surface area contributed by atoms with E-state index in [1.54, 1.807) is 0 Å². The summed E-state index contributed by atoms with van der Waals surface area (Å²) in [5.41, 5.74) is 1.32. The molecule has 0 bridgehead atoms. The van der Waals surface area contributed by atoms with E-state index in [0.717, 1.165) is 12.8 Å². The number of benzene rings is 1. The molecule has 1 aromatic carbocycles. The molecular weight excluding hydrogens is 204 g/mol. The molecule has 0 heterocycles. The van der Waals surface area contributed by atoms with Gasteiger partial charge in [0.25, 0.3) is 0 Å². The maximum atomic E-state index is 10.2. The average Bonchev–Trinajstić information content (AvgIpc) is 2.31. The van der Waals surface area contributed by atoms with Crippen LogP contribution in [0.15, 0.2) is 30.3 Å². The molecule has 0 aliphatic rings. The Balaban J connectivity index is 0.000000288. The van der Waals surface area contributed by atoms with Gasteiger partial charge in [-0.3, -0.25) is 0 Å². The van der Waals surface area contributed by atoms with E-state index in [-0.39, 0.29) is 0 Å². The van der Waals surface area contributed by atoms with Gasteiger partial charge in [0.2, 0.25) is 0 Å². The van der Waals surface area contributed by atoms with Crippen LogP contribution in [-0.4, -0.2) is 24.3 Å². The molecule has 0 unspecified atom stereocenters. The summed E-state index contributed by atoms with van der Waals surface area (Å²) < 4.78 is 4.54. The molecule has 0 aliphatic heterocycles. The van der Waals surface area contributed by atoms with Crippen molar-refractivity contribution in [3.63, 3.8) is 0 Å². The van der Waals surface area contributed by atoms with Gasteiger partial charge in [-0.2, -0.15) is 0 Å². The molecule has 1 rings (SSSR count). The number of carbonyl (C=O) groups excluding carboxylic acids is 1. The van der Waals surface area contributed by atoms with Crippen molar-refractivity contribution in [2.45, 2.75) is 26.7 Å². The van der Waals surface area contributed by atoms with Crippen molar-refractivity contribution in [1.29, 1.82) is 0 Å². The largest absolute Gasteiger partial charge is 0.464 e. The molecule has 0 saturated heterocycles. The van der Waals surface area contributed by atoms with Gasteiger partial charge >= 0.3 is 5.97 Å². The molecule has 3 nitrogen and oxygen atoms in total. The predicted molar refractivity (Wildman–Crippen MR) is 64.1 cm³/mol. The van der Waals surface area contributed by atoms with Crippen LogP contribution in [0.25, 0.3) is 0 Å². The third-order valence-electron chi connectivity index (χ3n) is 1.83. The van der Waals surface area contributed by atoms with Crippen LogP contribution in [0.3, 0.4) is 0 Å². The van der Waals surface area contributed by atoms with Crippen molar-refractivity contribution in [2.75, 3.05) is 13.2 Å². The average molecular weight is 224 g/mol. The summed E-state index contributed by atoms with van der Waals surface area (Å²) in [7, 11) is 0. The fraction of sp³-hybridized carbons (Fsp3) is 0.462. The molecule has 1 aromatic rings. The highest BCUT2D eigenvalue weighted by molar-refractivity contribution is 5.70. The van der Waals surface area contributed by atoms with Gasteiger partial charge in [0.15, 0.2) is 0 Å². The summed E-state index contributed by atoms with van der Waals surface area (Å²) in [6, 6.07) is 10.3. The Morgan fingerprint density at radius 1 is 1.31 bits per heavy atom. The molecule has 0 saturated carbocycles. The highest BCUT2D eigenvalue weighted by Gasteiger charge is 1.95. The summed E-state index contributed by atoms with van der Waals surface area (Å²) in [6.45, 7) is 4.01. The zero-order valence-electron chi connectivity index (χ0n) is 9.98. The minimum atomic E-state index is -0.538. The molecule has 0 fully saturated rings. The second-order valence-electron chi connectivity index (χ2n) is 3.39. The van der Waals surface area contributed by atoms with Gasteiger partial charge in [0, 0.05) is 0 Å². The van der Waals surface area contributed by atoms with E-state index in [0.29, 0.717) is 6.61 Å². The van der Waals surface area contributed by atoms with Gasteiger partial charge in [0.05, 0.1) is 6.61 Å². The number of hydrogen-bond donors (Lipinski definition) is 1. The number of aliphatic hydroxyl groups is 1. The molecule has 0 atom stereocenters. The molecule has 3 heteroatoms. The molecule has 0 spiro atoms. The van der Waals surface area contributed by atoms with Crippen LogP contribution in [0.4, 0.5) is 0 Å². The monoisotopic (exact) mass is 224 g/mol. The van der Waals surface area contributed by atoms with Gasteiger partial charge in [-0.05, 0) is 13.3 Å². The standard InChI is InChI=1S/C7H8.C6H12O3/c1-7-5-3-2-4-6-7;1-2-3-4-9-6(8)5-7/h2-6H,1H3;7H,2-5H2,1H3. The van der Waals surface area contributed by atoms with Gasteiger partial charge in [-0.25, -0.2) is 4.79 Å². The van der Waals surface area contributed by atoms with E-state index in [1.807, 2.05) is 25.1 Å². The lowest BCUT2D eigenvalue weighted by Gasteiger charge is -1.98. The normalized spacial score (nSPS) is 8.94. The second-order valence-corrected chi connectivity index (χ2v) is 3.39. The van der Waals surface area contributed by atoms with Crippen LogP contribution in [0.5, 0.6) is 0 Å². The third kappa shape index (κ3) is 9.21. The molecule has 0 radical (unpaired) electrons. The Labute approximate surface area is 97.1 Å². The van der Waals surface area contributed by atoms with Crippen LogP contribution in [0.2, 0.25) is 0 Å². The Bertz CT molecular complexity index is 270. The smallest absolute Gasteiger partial charge is 0.331 e. The van der Waals surface area contributed by atoms with Crippen LogP contribution in [-0.2, 0) is 9.53 Å². The van der Waals surface area contributed by atoms with E-state index in [2.05, 4.69) is 23.8 Å². The maximum absolute atomic E-state index is 10.2. The molecule has 0 amide bonds. The third-order valence-corrected chi connectivity index (χ3v) is 1.83. The van der Waals surface area contributed by atoms with E-state index in [9.17, 15) is 4.79 Å². The fourth-order valence-electron chi connectivity index (χ4n) is 0.910. The molecule has 16 heavy (non-hydrogen) atoms. The first-order valence-corrected chi connectivity index (χ1v) is 5.48. The van der Waals surface area contributed by atoms with Crippen molar-refractivity contribution in [3.8, 4) is 0 Å². The van der Waals surface area contributed by atoms with Crippen LogP contribution in [0.1, 0.15) is 25.3 Å². The van der Waals surface area contributed by atoms with E-state index >= 15 is 0 Å². The minimum absolute atomic E-state index is 0.426. The first-order chi connectivity index (χ1) is 7.70. The lowest BCUT2D eigenvalue weighted by Crippen LogP contribution is -2.09. The first kappa shape index (κ1) is 14.6. The van der Waals surface area contributed by atoms with Crippen LogP contribution < -0.4 is 0 Å². The number of aliphatic hydroxyl groups excluding tert-OH is 1. The quantitative estimate of drug-likeness (QED) is 0.630. The molecule has 0 aromatic heterocycles. The summed E-state index contributed by atoms with van der Waals surface area (Å²) in [6.07, 6.45) is 1.87. The molecular formula is C13H20O3. The first-order valence-electron chi connectivity index (χ1n) is 5.48. The van der Waals surface area contributed by atoms with Gasteiger partial charge in [0.1, 0.15) is 6.61 Å². The Hall–Kier alpha value is -1.35. The number of unbranched alkanes of at least 4 members (excludes halogenated alkanes) is 1. The lowest BCUT2D eigenvalue weighted by atomic mass is 10.2. The number of ether oxygens (including phenoxy) is 1. The summed E-state index contributed by atoms with van der Waals surface area (Å²) in [4.78, 5) is 10.2. The van der Waals surface area contributed by atoms with E-state index < -0.39 is 12.6 Å². The number of aryl methyl sites for hydroxylation is 1. The van der Waals surface area contributed by atoms with E-state index in [4.69, 9.17) is 5.11 Å². The Kier molecular flexibility index (Phi) is 9.32.